The molecule has 0 aliphatic carbocycles. The van der Waals surface area contributed by atoms with Gasteiger partial charge in [0.15, 0.2) is 6.61 Å². The van der Waals surface area contributed by atoms with Crippen molar-refractivity contribution in [1.29, 1.82) is 0 Å². The molecule has 0 aliphatic rings. The Morgan fingerprint density at radius 1 is 1.42 bits per heavy atom. The molecule has 0 bridgehead atoms. The standard InChI is InChI=1S/C11H12ClF3N2O2/c12-5-1-2-9(18)17-8-3-4-10(16-6-8)19-7-11(13,14)15/h3-4,6H,1-2,5,7H2,(H,17,18). The second-order valence-corrected chi connectivity index (χ2v) is 4.01. The van der Waals surface area contributed by atoms with Crippen molar-refractivity contribution in [2.45, 2.75) is 19.0 Å². The summed E-state index contributed by atoms with van der Waals surface area (Å²) in [4.78, 5) is 15.0. The van der Waals surface area contributed by atoms with Gasteiger partial charge in [-0.15, -0.1) is 11.6 Å². The van der Waals surface area contributed by atoms with Crippen molar-refractivity contribution in [2.24, 2.45) is 0 Å². The minimum atomic E-state index is -4.41. The molecule has 0 radical (unpaired) electrons. The van der Waals surface area contributed by atoms with Crippen LogP contribution in [0, 0.1) is 0 Å². The van der Waals surface area contributed by atoms with Crippen LogP contribution < -0.4 is 10.1 Å². The third-order valence-electron chi connectivity index (χ3n) is 1.94. The number of aromatic nitrogens is 1. The van der Waals surface area contributed by atoms with Crippen LogP contribution in [0.3, 0.4) is 0 Å². The number of ether oxygens (including phenoxy) is 1. The Balaban J connectivity index is 2.45. The molecule has 1 aromatic rings. The van der Waals surface area contributed by atoms with Crippen LogP contribution in [0.5, 0.6) is 5.88 Å². The van der Waals surface area contributed by atoms with Crippen molar-refractivity contribution in [2.75, 3.05) is 17.8 Å². The summed E-state index contributed by atoms with van der Waals surface area (Å²) in [6.45, 7) is -1.40. The first-order chi connectivity index (χ1) is 8.90. The molecule has 0 unspecified atom stereocenters. The highest BCUT2D eigenvalue weighted by Gasteiger charge is 2.28. The number of pyridine rings is 1. The van der Waals surface area contributed by atoms with E-state index in [1.807, 2.05) is 0 Å². The summed E-state index contributed by atoms with van der Waals surface area (Å²) in [7, 11) is 0. The van der Waals surface area contributed by atoms with Gasteiger partial charge < -0.3 is 10.1 Å². The lowest BCUT2D eigenvalue weighted by Crippen LogP contribution is -2.19. The van der Waals surface area contributed by atoms with E-state index in [0.29, 0.717) is 18.0 Å². The smallest absolute Gasteiger partial charge is 0.422 e. The van der Waals surface area contributed by atoms with Crippen LogP contribution in [0.25, 0.3) is 0 Å². The first-order valence-electron chi connectivity index (χ1n) is 5.42. The average Bonchev–Trinajstić information content (AvgIpc) is 2.34. The number of hydrogen-bond acceptors (Lipinski definition) is 3. The summed E-state index contributed by atoms with van der Waals surface area (Å²) in [5.41, 5.74) is 0.388. The van der Waals surface area contributed by atoms with Crippen molar-refractivity contribution < 1.29 is 22.7 Å². The van der Waals surface area contributed by atoms with E-state index in [-0.39, 0.29) is 18.2 Å². The van der Waals surface area contributed by atoms with E-state index >= 15 is 0 Å². The van der Waals surface area contributed by atoms with Crippen LogP contribution in [-0.2, 0) is 4.79 Å². The van der Waals surface area contributed by atoms with Crippen LogP contribution in [0.2, 0.25) is 0 Å². The topological polar surface area (TPSA) is 51.2 Å². The number of hydrogen-bond donors (Lipinski definition) is 1. The van der Waals surface area contributed by atoms with Crippen molar-refractivity contribution in [3.8, 4) is 5.88 Å². The second-order valence-electron chi connectivity index (χ2n) is 3.63. The fourth-order valence-corrected chi connectivity index (χ4v) is 1.28. The molecule has 1 amide bonds. The molecule has 1 N–H and O–H groups in total. The van der Waals surface area contributed by atoms with E-state index in [1.54, 1.807) is 0 Å². The monoisotopic (exact) mass is 296 g/mol. The highest BCUT2D eigenvalue weighted by molar-refractivity contribution is 6.18. The van der Waals surface area contributed by atoms with Crippen molar-refractivity contribution in [3.05, 3.63) is 18.3 Å². The Morgan fingerprint density at radius 3 is 2.68 bits per heavy atom. The number of carbonyl (C=O) groups is 1. The molecule has 8 heteroatoms. The normalized spacial score (nSPS) is 11.2. The largest absolute Gasteiger partial charge is 0.468 e. The number of alkyl halides is 4. The van der Waals surface area contributed by atoms with Gasteiger partial charge >= 0.3 is 6.18 Å². The molecule has 19 heavy (non-hydrogen) atoms. The number of anilines is 1. The fourth-order valence-electron chi connectivity index (χ4n) is 1.15. The molecule has 0 spiro atoms. The lowest BCUT2D eigenvalue weighted by atomic mass is 10.3. The quantitative estimate of drug-likeness (QED) is 0.821. The molecule has 106 valence electrons. The lowest BCUT2D eigenvalue weighted by molar-refractivity contribution is -0.154. The predicted octanol–water partition coefficient (Wildman–Crippen LogP) is 2.98. The van der Waals surface area contributed by atoms with Gasteiger partial charge in [0.05, 0.1) is 11.9 Å². The van der Waals surface area contributed by atoms with Gasteiger partial charge in [0.1, 0.15) is 0 Å². The molecule has 1 rings (SSSR count). The van der Waals surface area contributed by atoms with E-state index in [2.05, 4.69) is 15.0 Å². The van der Waals surface area contributed by atoms with Gasteiger partial charge in [-0.1, -0.05) is 0 Å². The molecule has 4 nitrogen and oxygen atoms in total. The Morgan fingerprint density at radius 2 is 2.16 bits per heavy atom. The zero-order valence-electron chi connectivity index (χ0n) is 9.84. The summed E-state index contributed by atoms with van der Waals surface area (Å²) in [5.74, 6) is -0.00177. The molecule has 0 atom stereocenters. The van der Waals surface area contributed by atoms with Gasteiger partial charge in [0.25, 0.3) is 0 Å². The van der Waals surface area contributed by atoms with Crippen molar-refractivity contribution in [1.82, 2.24) is 4.98 Å². The van der Waals surface area contributed by atoms with Gasteiger partial charge in [0.2, 0.25) is 11.8 Å². The molecule has 0 aromatic carbocycles. The molecule has 1 heterocycles. The SMILES string of the molecule is O=C(CCCCl)Nc1ccc(OCC(F)(F)F)nc1. The van der Waals surface area contributed by atoms with Gasteiger partial charge in [-0.05, 0) is 12.5 Å². The maximum atomic E-state index is 11.9. The second kappa shape index (κ2) is 7.18. The summed E-state index contributed by atoms with van der Waals surface area (Å²) in [6.07, 6.45) is -2.36. The van der Waals surface area contributed by atoms with Gasteiger partial charge in [-0.2, -0.15) is 13.2 Å². The Labute approximate surface area is 112 Å². The molecule has 0 saturated heterocycles. The number of nitrogens with one attached hydrogen (secondary N) is 1. The molecule has 0 saturated carbocycles. The number of carbonyl (C=O) groups excluding carboxylic acids is 1. The summed E-state index contributed by atoms with van der Waals surface area (Å²) in [6, 6.07) is 2.67. The van der Waals surface area contributed by atoms with E-state index in [9.17, 15) is 18.0 Å². The van der Waals surface area contributed by atoms with E-state index < -0.39 is 12.8 Å². The first kappa shape index (κ1) is 15.6. The highest BCUT2D eigenvalue weighted by Crippen LogP contribution is 2.18. The van der Waals surface area contributed by atoms with E-state index in [0.717, 1.165) is 0 Å². The lowest BCUT2D eigenvalue weighted by Gasteiger charge is -2.09. The highest BCUT2D eigenvalue weighted by atomic mass is 35.5. The van der Waals surface area contributed by atoms with Crippen LogP contribution in [0.15, 0.2) is 18.3 Å². The Hall–Kier alpha value is -1.50. The van der Waals surface area contributed by atoms with E-state index in [1.165, 1.54) is 18.3 Å². The maximum Gasteiger partial charge on any atom is 0.422 e. The minimum absolute atomic E-state index is 0.156. The summed E-state index contributed by atoms with van der Waals surface area (Å²) >= 11 is 5.44. The minimum Gasteiger partial charge on any atom is -0.468 e. The van der Waals surface area contributed by atoms with Crippen molar-refractivity contribution in [3.63, 3.8) is 0 Å². The molecular formula is C11H12ClF3N2O2. The van der Waals surface area contributed by atoms with Crippen LogP contribution in [0.1, 0.15) is 12.8 Å². The fraction of sp³-hybridized carbons (Fsp3) is 0.455. The maximum absolute atomic E-state index is 11.9. The zero-order chi connectivity index (χ0) is 14.3. The zero-order valence-corrected chi connectivity index (χ0v) is 10.6. The Bertz CT molecular complexity index is 409. The number of rotatable bonds is 6. The van der Waals surface area contributed by atoms with Gasteiger partial charge in [-0.25, -0.2) is 4.98 Å². The van der Waals surface area contributed by atoms with Crippen LogP contribution >= 0.6 is 11.6 Å². The third-order valence-corrected chi connectivity index (χ3v) is 2.21. The first-order valence-corrected chi connectivity index (χ1v) is 5.95. The van der Waals surface area contributed by atoms with Gasteiger partial charge in [0, 0.05) is 18.4 Å². The van der Waals surface area contributed by atoms with Crippen molar-refractivity contribution >= 4 is 23.2 Å². The van der Waals surface area contributed by atoms with E-state index in [4.69, 9.17) is 11.6 Å². The number of amides is 1. The Kier molecular flexibility index (Phi) is 5.88. The van der Waals surface area contributed by atoms with Gasteiger partial charge in [-0.3, -0.25) is 4.79 Å². The molecule has 0 fully saturated rings. The summed E-state index contributed by atoms with van der Waals surface area (Å²) in [5, 5.41) is 2.54. The predicted molar refractivity (Wildman–Crippen MR) is 64.4 cm³/mol. The van der Waals surface area contributed by atoms with Crippen LogP contribution in [0.4, 0.5) is 18.9 Å². The molecule has 1 aromatic heterocycles. The summed E-state index contributed by atoms with van der Waals surface area (Å²) < 4.78 is 40.1. The number of nitrogens with zero attached hydrogens (tertiary/aromatic N) is 1. The number of halogens is 4. The molecule has 0 aliphatic heterocycles. The molecular weight excluding hydrogens is 285 g/mol. The third kappa shape index (κ3) is 6.85. The van der Waals surface area contributed by atoms with Crippen LogP contribution in [-0.4, -0.2) is 29.6 Å². The average molecular weight is 297 g/mol.